The first kappa shape index (κ1) is 12.0. The zero-order valence-electron chi connectivity index (χ0n) is 9.84. The van der Waals surface area contributed by atoms with Gasteiger partial charge in [0.15, 0.2) is 17.0 Å². The van der Waals surface area contributed by atoms with Gasteiger partial charge in [-0.25, -0.2) is 19.6 Å². The van der Waals surface area contributed by atoms with Gasteiger partial charge in [0.05, 0.1) is 14.2 Å². The standard InChI is InChI=1S/C12H10N2O4/c1-17-11(15)8-5-3-7-4-6-9(12(16)18-2)14-10(7)13-8/h3-6H,1-2H3. The van der Waals surface area contributed by atoms with E-state index in [0.717, 1.165) is 5.39 Å². The van der Waals surface area contributed by atoms with Crippen molar-refractivity contribution in [3.63, 3.8) is 0 Å². The Morgan fingerprint density at radius 1 is 0.889 bits per heavy atom. The number of esters is 2. The van der Waals surface area contributed by atoms with Crippen molar-refractivity contribution in [2.45, 2.75) is 0 Å². The highest BCUT2D eigenvalue weighted by molar-refractivity contribution is 5.92. The van der Waals surface area contributed by atoms with Gasteiger partial charge in [0.2, 0.25) is 0 Å². The quantitative estimate of drug-likeness (QED) is 0.741. The van der Waals surface area contributed by atoms with Crippen molar-refractivity contribution in [1.29, 1.82) is 0 Å². The number of carbonyl (C=O) groups excluding carboxylic acids is 2. The minimum atomic E-state index is -0.554. The molecule has 0 aliphatic carbocycles. The Morgan fingerprint density at radius 2 is 1.33 bits per heavy atom. The third-order valence-electron chi connectivity index (χ3n) is 2.34. The molecule has 0 bridgehead atoms. The van der Waals surface area contributed by atoms with Gasteiger partial charge in [-0.3, -0.25) is 0 Å². The smallest absolute Gasteiger partial charge is 0.356 e. The summed E-state index contributed by atoms with van der Waals surface area (Å²) in [5.74, 6) is -1.11. The fourth-order valence-electron chi connectivity index (χ4n) is 1.44. The van der Waals surface area contributed by atoms with Gasteiger partial charge in [-0.05, 0) is 24.3 Å². The number of aromatic nitrogens is 2. The van der Waals surface area contributed by atoms with Gasteiger partial charge in [-0.15, -0.1) is 0 Å². The highest BCUT2D eigenvalue weighted by Crippen LogP contribution is 2.12. The van der Waals surface area contributed by atoms with Gasteiger partial charge in [-0.1, -0.05) is 0 Å². The third kappa shape index (κ3) is 2.13. The van der Waals surface area contributed by atoms with E-state index in [1.165, 1.54) is 26.4 Å². The van der Waals surface area contributed by atoms with E-state index < -0.39 is 11.9 Å². The van der Waals surface area contributed by atoms with Crippen LogP contribution >= 0.6 is 0 Å². The molecule has 2 aromatic heterocycles. The summed E-state index contributed by atoms with van der Waals surface area (Å²) in [4.78, 5) is 30.7. The number of nitrogens with zero attached hydrogens (tertiary/aromatic N) is 2. The van der Waals surface area contributed by atoms with Gasteiger partial charge in [0, 0.05) is 5.39 Å². The first-order chi connectivity index (χ1) is 8.65. The second kappa shape index (κ2) is 4.79. The van der Waals surface area contributed by atoms with Gasteiger partial charge in [0.25, 0.3) is 0 Å². The minimum Gasteiger partial charge on any atom is -0.464 e. The molecule has 0 spiro atoms. The summed E-state index contributed by atoms with van der Waals surface area (Å²) in [6.45, 7) is 0. The molecule has 6 heteroatoms. The number of ether oxygens (including phenoxy) is 2. The van der Waals surface area contributed by atoms with Gasteiger partial charge >= 0.3 is 11.9 Å². The van der Waals surface area contributed by atoms with E-state index in [4.69, 9.17) is 0 Å². The Balaban J connectivity index is 2.53. The zero-order chi connectivity index (χ0) is 13.1. The molecule has 2 heterocycles. The molecular formula is C12H10N2O4. The van der Waals surface area contributed by atoms with E-state index in [0.29, 0.717) is 5.65 Å². The van der Waals surface area contributed by atoms with E-state index in [-0.39, 0.29) is 11.4 Å². The maximum Gasteiger partial charge on any atom is 0.356 e. The topological polar surface area (TPSA) is 78.4 Å². The molecule has 6 nitrogen and oxygen atoms in total. The van der Waals surface area contributed by atoms with Crippen LogP contribution in [0.1, 0.15) is 21.0 Å². The highest BCUT2D eigenvalue weighted by Gasteiger charge is 2.11. The zero-order valence-corrected chi connectivity index (χ0v) is 9.84. The molecule has 92 valence electrons. The van der Waals surface area contributed by atoms with Crippen molar-refractivity contribution in [1.82, 2.24) is 9.97 Å². The summed E-state index contributed by atoms with van der Waals surface area (Å²) in [6, 6.07) is 6.44. The number of carbonyl (C=O) groups is 2. The largest absolute Gasteiger partial charge is 0.464 e. The van der Waals surface area contributed by atoms with Crippen LogP contribution in [0.25, 0.3) is 11.0 Å². The molecule has 0 atom stereocenters. The molecular weight excluding hydrogens is 236 g/mol. The van der Waals surface area contributed by atoms with Gasteiger partial charge in [-0.2, -0.15) is 0 Å². The Bertz CT molecular complexity index is 574. The Morgan fingerprint density at radius 3 is 1.72 bits per heavy atom. The van der Waals surface area contributed by atoms with E-state index in [9.17, 15) is 9.59 Å². The molecule has 0 unspecified atom stereocenters. The molecule has 0 aliphatic heterocycles. The summed E-state index contributed by atoms with van der Waals surface area (Å²) in [5, 5.41) is 0.718. The molecule has 0 N–H and O–H groups in total. The molecule has 0 saturated heterocycles. The molecule has 0 saturated carbocycles. The average molecular weight is 246 g/mol. The second-order valence-corrected chi connectivity index (χ2v) is 3.42. The predicted octanol–water partition coefficient (Wildman–Crippen LogP) is 1.20. The number of fused-ring (bicyclic) bond motifs is 1. The fourth-order valence-corrected chi connectivity index (χ4v) is 1.44. The van der Waals surface area contributed by atoms with E-state index in [2.05, 4.69) is 19.4 Å². The number of hydrogen-bond acceptors (Lipinski definition) is 6. The number of pyridine rings is 2. The summed E-state index contributed by atoms with van der Waals surface area (Å²) >= 11 is 0. The van der Waals surface area contributed by atoms with Crippen LogP contribution in [0, 0.1) is 0 Å². The van der Waals surface area contributed by atoms with Crippen LogP contribution in [0.4, 0.5) is 0 Å². The lowest BCUT2D eigenvalue weighted by Gasteiger charge is -2.02. The normalized spacial score (nSPS) is 10.1. The maximum absolute atomic E-state index is 11.3. The van der Waals surface area contributed by atoms with Crippen LogP contribution in [0.3, 0.4) is 0 Å². The van der Waals surface area contributed by atoms with Crippen LogP contribution in [-0.2, 0) is 9.47 Å². The Labute approximate surface area is 103 Å². The first-order valence-electron chi connectivity index (χ1n) is 5.10. The molecule has 18 heavy (non-hydrogen) atoms. The maximum atomic E-state index is 11.3. The van der Waals surface area contributed by atoms with Crippen molar-refractivity contribution >= 4 is 23.0 Å². The number of rotatable bonds is 2. The Kier molecular flexibility index (Phi) is 3.18. The molecule has 0 amide bonds. The van der Waals surface area contributed by atoms with Crippen molar-refractivity contribution in [3.05, 3.63) is 35.7 Å². The summed E-state index contributed by atoms with van der Waals surface area (Å²) in [7, 11) is 2.54. The lowest BCUT2D eigenvalue weighted by Crippen LogP contribution is -2.07. The average Bonchev–Trinajstić information content (AvgIpc) is 2.44. The Hall–Kier alpha value is -2.50. The lowest BCUT2D eigenvalue weighted by molar-refractivity contribution is 0.0587. The van der Waals surface area contributed by atoms with Crippen LogP contribution < -0.4 is 0 Å². The fraction of sp³-hybridized carbons (Fsp3) is 0.167. The number of methoxy groups -OCH3 is 2. The third-order valence-corrected chi connectivity index (χ3v) is 2.34. The van der Waals surface area contributed by atoms with E-state index in [1.807, 2.05) is 0 Å². The molecule has 0 fully saturated rings. The monoisotopic (exact) mass is 246 g/mol. The minimum absolute atomic E-state index is 0.138. The SMILES string of the molecule is COC(=O)c1ccc2ccc(C(=O)OC)nc2n1. The van der Waals surface area contributed by atoms with Gasteiger partial charge in [0.1, 0.15) is 0 Å². The number of hydrogen-bond donors (Lipinski definition) is 0. The summed E-state index contributed by atoms with van der Waals surface area (Å²) in [6.07, 6.45) is 0. The van der Waals surface area contributed by atoms with Crippen LogP contribution in [0.5, 0.6) is 0 Å². The van der Waals surface area contributed by atoms with E-state index >= 15 is 0 Å². The van der Waals surface area contributed by atoms with Crippen LogP contribution in [0.2, 0.25) is 0 Å². The molecule has 0 aliphatic rings. The van der Waals surface area contributed by atoms with E-state index in [1.54, 1.807) is 12.1 Å². The predicted molar refractivity (Wildman–Crippen MR) is 62.2 cm³/mol. The first-order valence-corrected chi connectivity index (χ1v) is 5.10. The summed E-state index contributed by atoms with van der Waals surface area (Å²) in [5.41, 5.74) is 0.569. The van der Waals surface area contributed by atoms with Crippen molar-refractivity contribution in [2.24, 2.45) is 0 Å². The molecule has 0 aromatic carbocycles. The molecule has 0 radical (unpaired) electrons. The van der Waals surface area contributed by atoms with Crippen LogP contribution in [-0.4, -0.2) is 36.1 Å². The molecule has 2 rings (SSSR count). The second-order valence-electron chi connectivity index (χ2n) is 3.42. The summed E-state index contributed by atoms with van der Waals surface area (Å²) < 4.78 is 9.13. The molecule has 2 aromatic rings. The lowest BCUT2D eigenvalue weighted by atomic mass is 10.2. The van der Waals surface area contributed by atoms with Crippen molar-refractivity contribution in [2.75, 3.05) is 14.2 Å². The van der Waals surface area contributed by atoms with Crippen LogP contribution in [0.15, 0.2) is 24.3 Å². The van der Waals surface area contributed by atoms with Crippen molar-refractivity contribution in [3.8, 4) is 0 Å². The highest BCUT2D eigenvalue weighted by atomic mass is 16.5. The van der Waals surface area contributed by atoms with Gasteiger partial charge < -0.3 is 9.47 Å². The van der Waals surface area contributed by atoms with Crippen molar-refractivity contribution < 1.29 is 19.1 Å².